The average Bonchev–Trinajstić information content (AvgIpc) is 3.25. The number of anilines is 1. The van der Waals surface area contributed by atoms with Crippen LogP contribution in [0.3, 0.4) is 0 Å². The Morgan fingerprint density at radius 1 is 1.04 bits per heavy atom. The molecule has 0 aliphatic heterocycles. The van der Waals surface area contributed by atoms with Crippen molar-refractivity contribution in [1.29, 1.82) is 0 Å². The number of aromatic amines is 1. The van der Waals surface area contributed by atoms with Crippen molar-refractivity contribution in [2.24, 2.45) is 7.05 Å². The second-order valence-electron chi connectivity index (χ2n) is 6.05. The third-order valence-electron chi connectivity index (χ3n) is 4.60. The first kappa shape index (κ1) is 16.1. The van der Waals surface area contributed by atoms with E-state index in [1.165, 1.54) is 0 Å². The van der Waals surface area contributed by atoms with E-state index in [2.05, 4.69) is 10.3 Å². The van der Waals surface area contributed by atoms with E-state index in [1.807, 2.05) is 60.3 Å². The molecule has 0 spiro atoms. The van der Waals surface area contributed by atoms with Crippen molar-refractivity contribution in [1.82, 2.24) is 9.55 Å². The number of nitrogens with one attached hydrogen (secondary N) is 2. The van der Waals surface area contributed by atoms with Crippen molar-refractivity contribution < 1.29 is 14.3 Å². The quantitative estimate of drug-likeness (QED) is 0.586. The molecule has 132 valence electrons. The second kappa shape index (κ2) is 6.15. The van der Waals surface area contributed by atoms with E-state index in [0.717, 1.165) is 27.5 Å². The molecule has 0 unspecified atom stereocenters. The van der Waals surface area contributed by atoms with Crippen LogP contribution in [-0.4, -0.2) is 29.7 Å². The molecule has 6 heteroatoms. The molecule has 0 fully saturated rings. The zero-order valence-corrected chi connectivity index (χ0v) is 14.8. The number of methoxy groups -OCH3 is 2. The summed E-state index contributed by atoms with van der Waals surface area (Å²) in [6.45, 7) is 0. The van der Waals surface area contributed by atoms with Crippen LogP contribution in [0.15, 0.2) is 48.7 Å². The number of rotatable bonds is 4. The number of ether oxygens (including phenoxy) is 2. The SMILES string of the molecule is COc1ccc(OC)c2c1cc(C(=O)Nc1ccc3cc[nH]c3c1)n2C. The lowest BCUT2D eigenvalue weighted by Gasteiger charge is -2.09. The topological polar surface area (TPSA) is 68.3 Å². The summed E-state index contributed by atoms with van der Waals surface area (Å²) in [5, 5.41) is 4.89. The minimum Gasteiger partial charge on any atom is -0.496 e. The van der Waals surface area contributed by atoms with Crippen molar-refractivity contribution in [3.63, 3.8) is 0 Å². The van der Waals surface area contributed by atoms with Gasteiger partial charge in [-0.15, -0.1) is 0 Å². The molecule has 0 saturated carbocycles. The second-order valence-corrected chi connectivity index (χ2v) is 6.05. The molecule has 2 heterocycles. The van der Waals surface area contributed by atoms with Gasteiger partial charge in [-0.3, -0.25) is 4.79 Å². The van der Waals surface area contributed by atoms with Gasteiger partial charge in [0.25, 0.3) is 5.91 Å². The number of aromatic nitrogens is 2. The Morgan fingerprint density at radius 2 is 1.81 bits per heavy atom. The minimum absolute atomic E-state index is 0.196. The molecular weight excluding hydrogens is 330 g/mol. The molecule has 1 amide bonds. The fourth-order valence-corrected chi connectivity index (χ4v) is 3.29. The Labute approximate surface area is 150 Å². The summed E-state index contributed by atoms with van der Waals surface area (Å²) in [6, 6.07) is 13.2. The molecule has 6 nitrogen and oxygen atoms in total. The Bertz CT molecular complexity index is 1120. The lowest BCUT2D eigenvalue weighted by molar-refractivity contribution is 0.102. The molecule has 0 atom stereocenters. The smallest absolute Gasteiger partial charge is 0.272 e. The van der Waals surface area contributed by atoms with Crippen LogP contribution in [0.25, 0.3) is 21.8 Å². The van der Waals surface area contributed by atoms with Gasteiger partial charge in [0.2, 0.25) is 0 Å². The van der Waals surface area contributed by atoms with E-state index in [1.54, 1.807) is 14.2 Å². The largest absolute Gasteiger partial charge is 0.496 e. The van der Waals surface area contributed by atoms with E-state index >= 15 is 0 Å². The highest BCUT2D eigenvalue weighted by atomic mass is 16.5. The zero-order chi connectivity index (χ0) is 18.3. The van der Waals surface area contributed by atoms with E-state index in [0.29, 0.717) is 17.2 Å². The summed E-state index contributed by atoms with van der Waals surface area (Å²) >= 11 is 0. The molecule has 2 N–H and O–H groups in total. The number of nitrogens with zero attached hydrogens (tertiary/aromatic N) is 1. The van der Waals surface area contributed by atoms with Gasteiger partial charge in [0.1, 0.15) is 17.2 Å². The summed E-state index contributed by atoms with van der Waals surface area (Å²) < 4.78 is 12.7. The molecule has 0 saturated heterocycles. The maximum Gasteiger partial charge on any atom is 0.272 e. The lowest BCUT2D eigenvalue weighted by atomic mass is 10.2. The third-order valence-corrected chi connectivity index (χ3v) is 4.60. The van der Waals surface area contributed by atoms with Crippen molar-refractivity contribution in [2.75, 3.05) is 19.5 Å². The highest BCUT2D eigenvalue weighted by Crippen LogP contribution is 2.35. The number of fused-ring (bicyclic) bond motifs is 2. The van der Waals surface area contributed by atoms with Crippen molar-refractivity contribution in [3.05, 3.63) is 54.4 Å². The molecule has 4 aromatic rings. The minimum atomic E-state index is -0.196. The standard InChI is InChI=1S/C20H19N3O3/c1-23-16(11-14-17(25-2)6-7-18(26-3)19(14)23)20(24)22-13-5-4-12-8-9-21-15(12)10-13/h4-11,21H,1-3H3,(H,22,24). The lowest BCUT2D eigenvalue weighted by Crippen LogP contribution is -2.15. The number of carbonyl (C=O) groups excluding carboxylic acids is 1. The van der Waals surface area contributed by atoms with Crippen LogP contribution in [0.5, 0.6) is 11.5 Å². The Kier molecular flexibility index (Phi) is 3.80. The monoisotopic (exact) mass is 349 g/mol. The summed E-state index contributed by atoms with van der Waals surface area (Å²) in [5.74, 6) is 1.19. The molecule has 4 rings (SSSR count). The highest BCUT2D eigenvalue weighted by molar-refractivity contribution is 6.08. The van der Waals surface area contributed by atoms with Crippen LogP contribution < -0.4 is 14.8 Å². The normalized spacial score (nSPS) is 11.0. The molecule has 26 heavy (non-hydrogen) atoms. The van der Waals surface area contributed by atoms with Gasteiger partial charge in [-0.25, -0.2) is 0 Å². The first-order chi connectivity index (χ1) is 12.6. The summed E-state index contributed by atoms with van der Waals surface area (Å²) in [7, 11) is 5.06. The Morgan fingerprint density at radius 3 is 2.58 bits per heavy atom. The maximum atomic E-state index is 12.9. The number of carbonyl (C=O) groups is 1. The van der Waals surface area contributed by atoms with Gasteiger partial charge in [0.05, 0.1) is 19.7 Å². The van der Waals surface area contributed by atoms with Gasteiger partial charge in [0, 0.05) is 29.8 Å². The number of H-pyrrole nitrogens is 1. The van der Waals surface area contributed by atoms with Gasteiger partial charge in [0.15, 0.2) is 0 Å². The van der Waals surface area contributed by atoms with Gasteiger partial charge >= 0.3 is 0 Å². The first-order valence-electron chi connectivity index (χ1n) is 8.21. The first-order valence-corrected chi connectivity index (χ1v) is 8.21. The van der Waals surface area contributed by atoms with Crippen LogP contribution in [0, 0.1) is 0 Å². The number of hydrogen-bond donors (Lipinski definition) is 2. The summed E-state index contributed by atoms with van der Waals surface area (Å²) in [4.78, 5) is 16.0. The van der Waals surface area contributed by atoms with Crippen molar-refractivity contribution in [3.8, 4) is 11.5 Å². The zero-order valence-electron chi connectivity index (χ0n) is 14.8. The van der Waals surface area contributed by atoms with Crippen LogP contribution >= 0.6 is 0 Å². The van der Waals surface area contributed by atoms with Crippen molar-refractivity contribution in [2.45, 2.75) is 0 Å². The average molecular weight is 349 g/mol. The van der Waals surface area contributed by atoms with Crippen molar-refractivity contribution >= 4 is 33.4 Å². The molecule has 0 bridgehead atoms. The van der Waals surface area contributed by atoms with Gasteiger partial charge in [-0.1, -0.05) is 6.07 Å². The number of amides is 1. The third kappa shape index (κ3) is 2.47. The van der Waals surface area contributed by atoms with Crippen LogP contribution in [-0.2, 0) is 7.05 Å². The Balaban J connectivity index is 1.75. The fourth-order valence-electron chi connectivity index (χ4n) is 3.29. The Hall–Kier alpha value is -3.41. The summed E-state index contributed by atoms with van der Waals surface area (Å²) in [6.07, 6.45) is 1.87. The molecule has 0 radical (unpaired) electrons. The molecular formula is C20H19N3O3. The molecule has 2 aromatic carbocycles. The maximum absolute atomic E-state index is 12.9. The predicted octanol–water partition coefficient (Wildman–Crippen LogP) is 3.93. The van der Waals surface area contributed by atoms with Gasteiger partial charge in [-0.2, -0.15) is 0 Å². The molecule has 0 aliphatic rings. The van der Waals surface area contributed by atoms with Gasteiger partial charge < -0.3 is 24.3 Å². The highest BCUT2D eigenvalue weighted by Gasteiger charge is 2.19. The predicted molar refractivity (Wildman–Crippen MR) is 102 cm³/mol. The molecule has 2 aromatic heterocycles. The number of aryl methyl sites for hydroxylation is 1. The van der Waals surface area contributed by atoms with Crippen LogP contribution in [0.4, 0.5) is 5.69 Å². The van der Waals surface area contributed by atoms with E-state index in [9.17, 15) is 4.79 Å². The van der Waals surface area contributed by atoms with Crippen LogP contribution in [0.1, 0.15) is 10.5 Å². The van der Waals surface area contributed by atoms with Gasteiger partial charge in [-0.05, 0) is 41.8 Å². The van der Waals surface area contributed by atoms with E-state index < -0.39 is 0 Å². The number of hydrogen-bond acceptors (Lipinski definition) is 3. The van der Waals surface area contributed by atoms with E-state index in [-0.39, 0.29) is 5.91 Å². The van der Waals surface area contributed by atoms with Crippen LogP contribution in [0.2, 0.25) is 0 Å². The number of benzene rings is 2. The summed E-state index contributed by atoms with van der Waals surface area (Å²) in [5.41, 5.74) is 3.04. The molecule has 0 aliphatic carbocycles. The van der Waals surface area contributed by atoms with E-state index in [4.69, 9.17) is 9.47 Å². The fraction of sp³-hybridized carbons (Fsp3) is 0.150.